The molecule has 0 aliphatic heterocycles. The zero-order valence-corrected chi connectivity index (χ0v) is 13.7. The van der Waals surface area contributed by atoms with E-state index in [-0.39, 0.29) is 24.5 Å². The number of hydrogen-bond acceptors (Lipinski definition) is 4. The van der Waals surface area contributed by atoms with Crippen molar-refractivity contribution in [3.8, 4) is 5.75 Å². The second-order valence-electron chi connectivity index (χ2n) is 5.85. The molecule has 126 valence electrons. The summed E-state index contributed by atoms with van der Waals surface area (Å²) < 4.78 is 20.1. The first-order valence-corrected chi connectivity index (χ1v) is 7.76. The van der Waals surface area contributed by atoms with Crippen molar-refractivity contribution in [1.29, 1.82) is 0 Å². The van der Waals surface area contributed by atoms with Gasteiger partial charge in [-0.25, -0.2) is 4.39 Å². The third kappa shape index (κ3) is 5.33. The van der Waals surface area contributed by atoms with Gasteiger partial charge in [-0.2, -0.15) is 5.10 Å². The van der Waals surface area contributed by atoms with Crippen LogP contribution in [0.15, 0.2) is 36.7 Å². The van der Waals surface area contributed by atoms with Crippen LogP contribution in [0.2, 0.25) is 0 Å². The lowest BCUT2D eigenvalue weighted by Crippen LogP contribution is -2.40. The SMILES string of the molecule is Cc1cnn([C@H](C)[C@@H](C)NC[C@@H](O)COc2ccc(F)cc2)c1. The lowest BCUT2D eigenvalue weighted by Gasteiger charge is -2.23. The second kappa shape index (κ2) is 8.08. The standard InChI is InChI=1S/C17H24FN3O2/c1-12-8-20-21(10-12)14(3)13(2)19-9-16(22)11-23-17-6-4-15(18)5-7-17/h4-8,10,13-14,16,19,22H,9,11H2,1-3H3/t13-,14-,16-/m1/s1. The summed E-state index contributed by atoms with van der Waals surface area (Å²) in [5.74, 6) is 0.232. The number of benzene rings is 1. The van der Waals surface area contributed by atoms with Gasteiger partial charge in [-0.05, 0) is 50.6 Å². The molecule has 0 saturated heterocycles. The minimum absolute atomic E-state index is 0.148. The Bertz CT molecular complexity index is 600. The first-order valence-electron chi connectivity index (χ1n) is 7.76. The average Bonchev–Trinajstić information content (AvgIpc) is 2.97. The Balaban J connectivity index is 1.72. The first-order chi connectivity index (χ1) is 11.0. The van der Waals surface area contributed by atoms with E-state index in [9.17, 15) is 9.50 Å². The number of aromatic nitrogens is 2. The van der Waals surface area contributed by atoms with E-state index >= 15 is 0 Å². The van der Waals surface area contributed by atoms with Gasteiger partial charge in [-0.15, -0.1) is 0 Å². The number of hydrogen-bond donors (Lipinski definition) is 2. The van der Waals surface area contributed by atoms with Gasteiger partial charge in [0.2, 0.25) is 0 Å². The molecule has 0 amide bonds. The van der Waals surface area contributed by atoms with E-state index in [2.05, 4.69) is 24.3 Å². The zero-order chi connectivity index (χ0) is 16.8. The monoisotopic (exact) mass is 321 g/mol. The van der Waals surface area contributed by atoms with Crippen molar-refractivity contribution in [2.24, 2.45) is 0 Å². The molecule has 0 radical (unpaired) electrons. The van der Waals surface area contributed by atoms with E-state index in [1.807, 2.05) is 24.0 Å². The van der Waals surface area contributed by atoms with Gasteiger partial charge in [0, 0.05) is 18.8 Å². The van der Waals surface area contributed by atoms with Crippen LogP contribution in [0, 0.1) is 12.7 Å². The molecule has 1 aromatic heterocycles. The molecule has 0 unspecified atom stereocenters. The summed E-state index contributed by atoms with van der Waals surface area (Å²) in [5.41, 5.74) is 1.12. The molecule has 3 atom stereocenters. The average molecular weight is 321 g/mol. The van der Waals surface area contributed by atoms with Gasteiger partial charge in [0.25, 0.3) is 0 Å². The van der Waals surface area contributed by atoms with Gasteiger partial charge >= 0.3 is 0 Å². The normalized spacial score (nSPS) is 15.2. The smallest absolute Gasteiger partial charge is 0.123 e. The molecule has 0 bridgehead atoms. The van der Waals surface area contributed by atoms with E-state index in [1.165, 1.54) is 12.1 Å². The highest BCUT2D eigenvalue weighted by Crippen LogP contribution is 2.12. The van der Waals surface area contributed by atoms with Crippen molar-refractivity contribution in [2.75, 3.05) is 13.2 Å². The number of aliphatic hydroxyl groups excluding tert-OH is 1. The van der Waals surface area contributed by atoms with Crippen LogP contribution >= 0.6 is 0 Å². The molecule has 2 rings (SSSR count). The number of nitrogens with one attached hydrogen (secondary N) is 1. The number of aliphatic hydroxyl groups is 1. The Morgan fingerprint density at radius 1 is 1.30 bits per heavy atom. The van der Waals surface area contributed by atoms with Crippen molar-refractivity contribution in [2.45, 2.75) is 39.0 Å². The minimum atomic E-state index is -0.644. The Kier molecular flexibility index (Phi) is 6.12. The topological polar surface area (TPSA) is 59.3 Å². The number of aryl methyl sites for hydroxylation is 1. The molecule has 0 aliphatic rings. The van der Waals surface area contributed by atoms with Crippen LogP contribution < -0.4 is 10.1 Å². The van der Waals surface area contributed by atoms with Crippen LogP contribution in [0.4, 0.5) is 4.39 Å². The van der Waals surface area contributed by atoms with Gasteiger partial charge in [0.1, 0.15) is 24.3 Å². The number of rotatable bonds is 8. The largest absolute Gasteiger partial charge is 0.491 e. The highest BCUT2D eigenvalue weighted by atomic mass is 19.1. The van der Waals surface area contributed by atoms with Gasteiger partial charge in [0.15, 0.2) is 0 Å². The summed E-state index contributed by atoms with van der Waals surface area (Å²) >= 11 is 0. The number of nitrogens with zero attached hydrogens (tertiary/aromatic N) is 2. The maximum absolute atomic E-state index is 12.8. The Morgan fingerprint density at radius 3 is 2.61 bits per heavy atom. The molecule has 0 fully saturated rings. The van der Waals surface area contributed by atoms with Crippen molar-refractivity contribution in [3.05, 3.63) is 48.0 Å². The third-order valence-electron chi connectivity index (χ3n) is 3.80. The minimum Gasteiger partial charge on any atom is -0.491 e. The van der Waals surface area contributed by atoms with Crippen LogP contribution in [0.25, 0.3) is 0 Å². The molecule has 6 heteroatoms. The van der Waals surface area contributed by atoms with Crippen LogP contribution in [-0.2, 0) is 0 Å². The lowest BCUT2D eigenvalue weighted by molar-refractivity contribution is 0.102. The molecule has 2 N–H and O–H groups in total. The molecule has 0 saturated carbocycles. The fourth-order valence-corrected chi connectivity index (χ4v) is 2.16. The highest BCUT2D eigenvalue weighted by molar-refractivity contribution is 5.22. The maximum atomic E-state index is 12.8. The Morgan fingerprint density at radius 2 is 2.00 bits per heavy atom. The first kappa shape index (κ1) is 17.4. The highest BCUT2D eigenvalue weighted by Gasteiger charge is 2.16. The van der Waals surface area contributed by atoms with Gasteiger partial charge < -0.3 is 15.2 Å². The van der Waals surface area contributed by atoms with Crippen molar-refractivity contribution >= 4 is 0 Å². The predicted octanol–water partition coefficient (Wildman–Crippen LogP) is 2.31. The van der Waals surface area contributed by atoms with Gasteiger partial charge in [-0.1, -0.05) is 0 Å². The molecule has 1 aromatic carbocycles. The fourth-order valence-electron chi connectivity index (χ4n) is 2.16. The predicted molar refractivity (Wildman–Crippen MR) is 87.0 cm³/mol. The van der Waals surface area contributed by atoms with Crippen molar-refractivity contribution in [1.82, 2.24) is 15.1 Å². The summed E-state index contributed by atoms with van der Waals surface area (Å²) in [6.45, 7) is 6.69. The summed E-state index contributed by atoms with van der Waals surface area (Å²) in [5, 5.41) is 17.6. The van der Waals surface area contributed by atoms with E-state index in [0.717, 1.165) is 5.56 Å². The lowest BCUT2D eigenvalue weighted by atomic mass is 10.1. The summed E-state index contributed by atoms with van der Waals surface area (Å²) in [6, 6.07) is 6.06. The molecule has 5 nitrogen and oxygen atoms in total. The second-order valence-corrected chi connectivity index (χ2v) is 5.85. The molecular weight excluding hydrogens is 297 g/mol. The molecule has 2 aromatic rings. The van der Waals surface area contributed by atoms with Crippen molar-refractivity contribution in [3.63, 3.8) is 0 Å². The van der Waals surface area contributed by atoms with E-state index < -0.39 is 6.10 Å². The zero-order valence-electron chi connectivity index (χ0n) is 13.7. The quantitative estimate of drug-likeness (QED) is 0.783. The summed E-state index contributed by atoms with van der Waals surface area (Å²) in [4.78, 5) is 0. The molecule has 1 heterocycles. The summed E-state index contributed by atoms with van der Waals surface area (Å²) in [7, 11) is 0. The maximum Gasteiger partial charge on any atom is 0.123 e. The van der Waals surface area contributed by atoms with Crippen LogP contribution in [0.5, 0.6) is 5.75 Å². The number of halogens is 1. The third-order valence-corrected chi connectivity index (χ3v) is 3.80. The van der Waals surface area contributed by atoms with Crippen LogP contribution in [-0.4, -0.2) is 40.2 Å². The van der Waals surface area contributed by atoms with E-state index in [0.29, 0.717) is 12.3 Å². The van der Waals surface area contributed by atoms with Gasteiger partial charge in [-0.3, -0.25) is 4.68 Å². The molecule has 0 spiro atoms. The molecular formula is C17H24FN3O2. The molecule has 23 heavy (non-hydrogen) atoms. The fraction of sp³-hybridized carbons (Fsp3) is 0.471. The number of ether oxygens (including phenoxy) is 1. The van der Waals surface area contributed by atoms with Crippen LogP contribution in [0.1, 0.15) is 25.5 Å². The Labute approximate surface area is 136 Å². The Hall–Kier alpha value is -1.92. The van der Waals surface area contributed by atoms with E-state index in [1.54, 1.807) is 12.1 Å². The van der Waals surface area contributed by atoms with Crippen molar-refractivity contribution < 1.29 is 14.2 Å². The van der Waals surface area contributed by atoms with E-state index in [4.69, 9.17) is 4.74 Å². The van der Waals surface area contributed by atoms with Gasteiger partial charge in [0.05, 0.1) is 12.2 Å². The molecule has 0 aliphatic carbocycles. The summed E-state index contributed by atoms with van der Waals surface area (Å²) in [6.07, 6.45) is 3.18. The van der Waals surface area contributed by atoms with Crippen LogP contribution in [0.3, 0.4) is 0 Å².